The van der Waals surface area contributed by atoms with Crippen LogP contribution in [0, 0.1) is 0 Å². The first kappa shape index (κ1) is 11.9. The lowest BCUT2D eigenvalue weighted by Crippen LogP contribution is -1.84. The molecule has 0 radical (unpaired) electrons. The van der Waals surface area contributed by atoms with Gasteiger partial charge in [-0.05, 0) is 50.0 Å². The van der Waals surface area contributed by atoms with Gasteiger partial charge in [0, 0.05) is 5.33 Å². The lowest BCUT2D eigenvalue weighted by atomic mass is 9.96. The molecule has 0 nitrogen and oxygen atoms in total. The third-order valence-electron chi connectivity index (χ3n) is 3.98. The van der Waals surface area contributed by atoms with E-state index >= 15 is 0 Å². The second-order valence-corrected chi connectivity index (χ2v) is 5.69. The minimum Gasteiger partial charge on any atom is -0.0876 e. The second-order valence-electron chi connectivity index (χ2n) is 5.13. The minimum atomic E-state index is 0.892. The van der Waals surface area contributed by atoms with Gasteiger partial charge in [0.25, 0.3) is 0 Å². The largest absolute Gasteiger partial charge is 0.0876 e. The lowest BCUT2D eigenvalue weighted by molar-refractivity contribution is 1.50. The number of hydrogen-bond donors (Lipinski definition) is 0. The molecule has 0 fully saturated rings. The first-order valence-corrected chi connectivity index (χ1v) is 7.88. The van der Waals surface area contributed by atoms with Crippen molar-refractivity contribution in [1.82, 2.24) is 0 Å². The topological polar surface area (TPSA) is 0 Å². The molecule has 20 heavy (non-hydrogen) atoms. The maximum Gasteiger partial charge on any atom is 0.0289 e. The van der Waals surface area contributed by atoms with Crippen molar-refractivity contribution in [2.45, 2.75) is 5.33 Å². The lowest BCUT2D eigenvalue weighted by Gasteiger charge is -2.09. The quantitative estimate of drug-likeness (QED) is 0.228. The fourth-order valence-corrected chi connectivity index (χ4v) is 3.45. The molecule has 0 spiro atoms. The van der Waals surface area contributed by atoms with Crippen LogP contribution in [0.2, 0.25) is 0 Å². The maximum atomic E-state index is 3.58. The number of alkyl halides is 1. The molecule has 1 heteroatoms. The van der Waals surface area contributed by atoms with E-state index in [9.17, 15) is 0 Å². The van der Waals surface area contributed by atoms with Crippen LogP contribution in [0.5, 0.6) is 0 Å². The summed E-state index contributed by atoms with van der Waals surface area (Å²) in [6.07, 6.45) is 0. The van der Waals surface area contributed by atoms with Crippen LogP contribution in [0.1, 0.15) is 5.56 Å². The molecule has 96 valence electrons. The molecule has 0 heterocycles. The van der Waals surface area contributed by atoms with E-state index in [0.29, 0.717) is 0 Å². The highest BCUT2D eigenvalue weighted by atomic mass is 79.9. The Kier molecular flexibility index (Phi) is 2.75. The second kappa shape index (κ2) is 4.60. The molecule has 4 aromatic carbocycles. The average molecular weight is 321 g/mol. The van der Waals surface area contributed by atoms with Crippen LogP contribution in [0.3, 0.4) is 0 Å². The molecule has 0 unspecified atom stereocenters. The molecule has 0 N–H and O–H groups in total. The number of hydrogen-bond acceptors (Lipinski definition) is 0. The highest BCUT2D eigenvalue weighted by Gasteiger charge is 2.05. The van der Waals surface area contributed by atoms with Crippen molar-refractivity contribution in [3.63, 3.8) is 0 Å². The number of fused-ring (bicyclic) bond motifs is 4. The molecule has 0 saturated carbocycles. The van der Waals surface area contributed by atoms with Gasteiger partial charge in [-0.2, -0.15) is 0 Å². The van der Waals surface area contributed by atoms with E-state index in [2.05, 4.69) is 82.7 Å². The van der Waals surface area contributed by atoms with Crippen molar-refractivity contribution in [2.75, 3.05) is 0 Å². The Morgan fingerprint density at radius 2 is 1.40 bits per heavy atom. The predicted octanol–water partition coefficient (Wildman–Crippen LogP) is 6.04. The fourth-order valence-electron chi connectivity index (χ4n) is 2.96. The summed E-state index contributed by atoms with van der Waals surface area (Å²) in [5.74, 6) is 0. The summed E-state index contributed by atoms with van der Waals surface area (Å²) in [6, 6.07) is 24.2. The third kappa shape index (κ3) is 1.74. The van der Waals surface area contributed by atoms with Crippen LogP contribution in [0.4, 0.5) is 0 Å². The summed E-state index contributed by atoms with van der Waals surface area (Å²) in [5, 5.41) is 8.82. The van der Waals surface area contributed by atoms with E-state index in [1.807, 2.05) is 0 Å². The van der Waals surface area contributed by atoms with E-state index in [0.717, 1.165) is 5.33 Å². The SMILES string of the molecule is BrCc1cccc2c1ccc1cc3ccccc3cc12. The Bertz CT molecular complexity index is 938. The Labute approximate surface area is 126 Å². The fraction of sp³-hybridized carbons (Fsp3) is 0.0526. The molecule has 0 amide bonds. The van der Waals surface area contributed by atoms with E-state index in [1.54, 1.807) is 0 Å². The van der Waals surface area contributed by atoms with Crippen molar-refractivity contribution in [3.05, 3.63) is 72.3 Å². The van der Waals surface area contributed by atoms with E-state index in [-0.39, 0.29) is 0 Å². The zero-order chi connectivity index (χ0) is 13.5. The van der Waals surface area contributed by atoms with Gasteiger partial charge in [-0.1, -0.05) is 70.5 Å². The summed E-state index contributed by atoms with van der Waals surface area (Å²) in [6.45, 7) is 0. The maximum absolute atomic E-state index is 3.58. The summed E-state index contributed by atoms with van der Waals surface area (Å²) in [7, 11) is 0. The zero-order valence-electron chi connectivity index (χ0n) is 10.9. The van der Waals surface area contributed by atoms with Gasteiger partial charge in [0.1, 0.15) is 0 Å². The van der Waals surface area contributed by atoms with Crippen LogP contribution >= 0.6 is 15.9 Å². The Hall–Kier alpha value is -1.86. The average Bonchev–Trinajstić information content (AvgIpc) is 2.52. The van der Waals surface area contributed by atoms with Crippen molar-refractivity contribution in [1.29, 1.82) is 0 Å². The van der Waals surface area contributed by atoms with Crippen molar-refractivity contribution < 1.29 is 0 Å². The molecule has 0 aromatic heterocycles. The molecular weight excluding hydrogens is 308 g/mol. The van der Waals surface area contributed by atoms with Crippen LogP contribution < -0.4 is 0 Å². The first-order valence-electron chi connectivity index (χ1n) is 6.76. The third-order valence-corrected chi connectivity index (χ3v) is 4.58. The van der Waals surface area contributed by atoms with E-state index in [1.165, 1.54) is 37.9 Å². The monoisotopic (exact) mass is 320 g/mol. The summed E-state index contributed by atoms with van der Waals surface area (Å²) in [5.41, 5.74) is 1.34. The zero-order valence-corrected chi connectivity index (χ0v) is 12.5. The van der Waals surface area contributed by atoms with Gasteiger partial charge in [0.05, 0.1) is 0 Å². The summed E-state index contributed by atoms with van der Waals surface area (Å²) in [4.78, 5) is 0. The van der Waals surface area contributed by atoms with Gasteiger partial charge < -0.3 is 0 Å². The van der Waals surface area contributed by atoms with Gasteiger partial charge >= 0.3 is 0 Å². The number of rotatable bonds is 1. The molecule has 4 aromatic rings. The Balaban J connectivity index is 2.21. The van der Waals surface area contributed by atoms with Crippen molar-refractivity contribution in [3.8, 4) is 0 Å². The highest BCUT2D eigenvalue weighted by Crippen LogP contribution is 2.31. The molecule has 4 rings (SSSR count). The summed E-state index contributed by atoms with van der Waals surface area (Å²) < 4.78 is 0. The van der Waals surface area contributed by atoms with E-state index < -0.39 is 0 Å². The molecule has 0 aliphatic carbocycles. The van der Waals surface area contributed by atoms with Gasteiger partial charge in [0.15, 0.2) is 0 Å². The van der Waals surface area contributed by atoms with Crippen LogP contribution in [-0.4, -0.2) is 0 Å². The van der Waals surface area contributed by atoms with Gasteiger partial charge in [-0.25, -0.2) is 0 Å². The standard InChI is InChI=1S/C19H13Br/c20-12-16-6-3-7-18-17(16)9-8-15-10-13-4-1-2-5-14(13)11-19(15)18/h1-11H,12H2. The van der Waals surface area contributed by atoms with Crippen molar-refractivity contribution >= 4 is 48.2 Å². The molecule has 0 atom stereocenters. The van der Waals surface area contributed by atoms with Crippen LogP contribution in [-0.2, 0) is 5.33 Å². The molecule has 0 aliphatic heterocycles. The minimum absolute atomic E-state index is 0.892. The molecule has 0 aliphatic rings. The van der Waals surface area contributed by atoms with Gasteiger partial charge in [-0.15, -0.1) is 0 Å². The van der Waals surface area contributed by atoms with Crippen LogP contribution in [0.15, 0.2) is 66.7 Å². The number of benzene rings is 4. The normalized spacial score (nSPS) is 11.4. The van der Waals surface area contributed by atoms with Crippen molar-refractivity contribution in [2.24, 2.45) is 0 Å². The molecule has 0 bridgehead atoms. The summed E-state index contributed by atoms with van der Waals surface area (Å²) >= 11 is 3.58. The van der Waals surface area contributed by atoms with Gasteiger partial charge in [0.2, 0.25) is 0 Å². The predicted molar refractivity (Wildman–Crippen MR) is 91.6 cm³/mol. The van der Waals surface area contributed by atoms with Gasteiger partial charge in [-0.3, -0.25) is 0 Å². The number of halogens is 1. The molecule has 0 saturated heterocycles. The Morgan fingerprint density at radius 1 is 0.600 bits per heavy atom. The molecular formula is C19H13Br. The first-order chi connectivity index (χ1) is 9.86. The van der Waals surface area contributed by atoms with Crippen LogP contribution in [0.25, 0.3) is 32.3 Å². The highest BCUT2D eigenvalue weighted by molar-refractivity contribution is 9.08. The Morgan fingerprint density at radius 3 is 2.20 bits per heavy atom. The smallest absolute Gasteiger partial charge is 0.0289 e. The van der Waals surface area contributed by atoms with E-state index in [4.69, 9.17) is 0 Å².